The van der Waals surface area contributed by atoms with Crippen LogP contribution < -0.4 is 20.2 Å². The van der Waals surface area contributed by atoms with Gasteiger partial charge in [0.05, 0.1) is 33.6 Å². The van der Waals surface area contributed by atoms with Crippen LogP contribution in [0.3, 0.4) is 0 Å². The van der Waals surface area contributed by atoms with Crippen molar-refractivity contribution in [2.45, 2.75) is 13.8 Å². The van der Waals surface area contributed by atoms with Crippen molar-refractivity contribution in [3.05, 3.63) is 92.2 Å². The Balaban J connectivity index is 1.33. The number of aromatic nitrogens is 1. The Labute approximate surface area is 239 Å². The number of hydrogen-bond acceptors (Lipinski definition) is 7. The molecule has 0 fully saturated rings. The predicted octanol–water partition coefficient (Wildman–Crippen LogP) is 6.61. The number of hydrogen-bond donors (Lipinski definition) is 2. The Hall–Kier alpha value is -3.92. The summed E-state index contributed by atoms with van der Waals surface area (Å²) in [6, 6.07) is 17.1. The molecule has 8 nitrogen and oxygen atoms in total. The maximum atomic E-state index is 12.5. The highest BCUT2D eigenvalue weighted by molar-refractivity contribution is 7.09. The molecule has 0 aliphatic carbocycles. The molecule has 0 unspecified atom stereocenters. The lowest BCUT2D eigenvalue weighted by atomic mass is 10.1. The van der Waals surface area contributed by atoms with E-state index in [9.17, 15) is 9.59 Å². The molecule has 0 saturated carbocycles. The molecule has 200 valence electrons. The summed E-state index contributed by atoms with van der Waals surface area (Å²) in [4.78, 5) is 29.3. The largest absolute Gasteiger partial charge is 0.490 e. The molecular formula is C28H24Cl2N4O4S. The first-order chi connectivity index (χ1) is 18.8. The van der Waals surface area contributed by atoms with Gasteiger partial charge in [0.25, 0.3) is 11.8 Å². The van der Waals surface area contributed by atoms with Gasteiger partial charge in [-0.05, 0) is 67.9 Å². The molecule has 1 aromatic heterocycles. The molecule has 3 aromatic carbocycles. The molecule has 2 amide bonds. The van der Waals surface area contributed by atoms with Gasteiger partial charge in [-0.15, -0.1) is 11.3 Å². The molecule has 1 heterocycles. The number of rotatable bonds is 10. The number of nitrogens with one attached hydrogen (secondary N) is 2. The van der Waals surface area contributed by atoms with Crippen LogP contribution in [0.2, 0.25) is 10.0 Å². The molecular weight excluding hydrogens is 559 g/mol. The Morgan fingerprint density at radius 1 is 1.00 bits per heavy atom. The van der Waals surface area contributed by atoms with Crippen molar-refractivity contribution in [1.82, 2.24) is 10.4 Å². The SMILES string of the molecule is CCOc1cc(/C=N/NC(=O)c2ccc(-c3csc(C)n3)cc2)ccc1OCC(=O)Nc1ccc(Cl)c(Cl)c1. The van der Waals surface area contributed by atoms with Gasteiger partial charge in [0.2, 0.25) is 0 Å². The highest BCUT2D eigenvalue weighted by atomic mass is 35.5. The standard InChI is InChI=1S/C28H24Cl2N4O4S/c1-3-37-26-12-18(4-11-25(26)38-15-27(35)33-21-9-10-22(29)23(30)13-21)14-31-34-28(36)20-7-5-19(6-8-20)24-16-39-17(2)32-24/h4-14,16H,3,15H2,1-2H3,(H,33,35)(H,34,36)/b31-14+. The summed E-state index contributed by atoms with van der Waals surface area (Å²) in [5, 5.41) is 10.4. The van der Waals surface area contributed by atoms with Crippen LogP contribution in [0.15, 0.2) is 71.1 Å². The van der Waals surface area contributed by atoms with Crippen molar-refractivity contribution in [2.75, 3.05) is 18.5 Å². The minimum atomic E-state index is -0.376. The van der Waals surface area contributed by atoms with E-state index in [1.807, 2.05) is 31.4 Å². The fourth-order valence-corrected chi connectivity index (χ4v) is 4.35. The van der Waals surface area contributed by atoms with Crippen LogP contribution in [-0.2, 0) is 4.79 Å². The summed E-state index contributed by atoms with van der Waals surface area (Å²) in [6.45, 7) is 3.93. The van der Waals surface area contributed by atoms with E-state index in [1.54, 1.807) is 59.9 Å². The van der Waals surface area contributed by atoms with Gasteiger partial charge in [0.15, 0.2) is 18.1 Å². The summed E-state index contributed by atoms with van der Waals surface area (Å²) < 4.78 is 11.3. The summed E-state index contributed by atoms with van der Waals surface area (Å²) in [7, 11) is 0. The molecule has 0 spiro atoms. The molecule has 4 aromatic rings. The molecule has 0 atom stereocenters. The predicted molar refractivity (Wildman–Crippen MR) is 156 cm³/mol. The summed E-state index contributed by atoms with van der Waals surface area (Å²) >= 11 is 13.5. The number of thiazole rings is 1. The Morgan fingerprint density at radius 2 is 1.79 bits per heavy atom. The van der Waals surface area contributed by atoms with E-state index < -0.39 is 0 Å². The van der Waals surface area contributed by atoms with Gasteiger partial charge in [0, 0.05) is 22.2 Å². The first-order valence-electron chi connectivity index (χ1n) is 11.8. The third kappa shape index (κ3) is 7.79. The van der Waals surface area contributed by atoms with Gasteiger partial charge in [-0.1, -0.05) is 35.3 Å². The average molecular weight is 583 g/mol. The van der Waals surface area contributed by atoms with Gasteiger partial charge in [-0.2, -0.15) is 5.10 Å². The van der Waals surface area contributed by atoms with Gasteiger partial charge < -0.3 is 14.8 Å². The topological polar surface area (TPSA) is 102 Å². The molecule has 39 heavy (non-hydrogen) atoms. The number of nitrogens with zero attached hydrogens (tertiary/aromatic N) is 2. The van der Waals surface area contributed by atoms with Crippen LogP contribution in [0.25, 0.3) is 11.3 Å². The fraction of sp³-hybridized carbons (Fsp3) is 0.143. The second-order valence-electron chi connectivity index (χ2n) is 8.13. The summed E-state index contributed by atoms with van der Waals surface area (Å²) in [5.41, 5.74) is 5.99. The maximum absolute atomic E-state index is 12.5. The zero-order valence-electron chi connectivity index (χ0n) is 21.0. The number of benzene rings is 3. The van der Waals surface area contributed by atoms with E-state index in [4.69, 9.17) is 32.7 Å². The summed E-state index contributed by atoms with van der Waals surface area (Å²) in [6.07, 6.45) is 1.49. The van der Waals surface area contributed by atoms with E-state index in [0.29, 0.717) is 45.0 Å². The van der Waals surface area contributed by atoms with Crippen LogP contribution in [0.4, 0.5) is 5.69 Å². The number of carbonyl (C=O) groups is 2. The fourth-order valence-electron chi connectivity index (χ4n) is 3.43. The molecule has 4 rings (SSSR count). The summed E-state index contributed by atoms with van der Waals surface area (Å²) in [5.74, 6) is 0.102. The monoisotopic (exact) mass is 582 g/mol. The van der Waals surface area contributed by atoms with E-state index >= 15 is 0 Å². The van der Waals surface area contributed by atoms with Gasteiger partial charge in [0.1, 0.15) is 0 Å². The second kappa shape index (κ2) is 13.2. The first-order valence-corrected chi connectivity index (χ1v) is 13.5. The lowest BCUT2D eigenvalue weighted by Crippen LogP contribution is -2.20. The van der Waals surface area contributed by atoms with Crippen LogP contribution in [0.5, 0.6) is 11.5 Å². The molecule has 0 aliphatic heterocycles. The number of anilines is 1. The van der Waals surface area contributed by atoms with Crippen LogP contribution in [0.1, 0.15) is 27.9 Å². The number of aryl methyl sites for hydroxylation is 1. The smallest absolute Gasteiger partial charge is 0.271 e. The minimum Gasteiger partial charge on any atom is -0.490 e. The van der Waals surface area contributed by atoms with Crippen LogP contribution in [-0.4, -0.2) is 36.2 Å². The maximum Gasteiger partial charge on any atom is 0.271 e. The Morgan fingerprint density at radius 3 is 2.49 bits per heavy atom. The van der Waals surface area contributed by atoms with E-state index in [1.165, 1.54) is 6.21 Å². The second-order valence-corrected chi connectivity index (χ2v) is 10.0. The van der Waals surface area contributed by atoms with Crippen molar-refractivity contribution in [3.8, 4) is 22.8 Å². The van der Waals surface area contributed by atoms with Gasteiger partial charge >= 0.3 is 0 Å². The third-order valence-electron chi connectivity index (χ3n) is 5.27. The number of ether oxygens (including phenoxy) is 2. The van der Waals surface area contributed by atoms with E-state index in [-0.39, 0.29) is 18.4 Å². The number of carbonyl (C=O) groups excluding carboxylic acids is 2. The Kier molecular flexibility index (Phi) is 9.54. The lowest BCUT2D eigenvalue weighted by molar-refractivity contribution is -0.118. The molecule has 0 aliphatic rings. The van der Waals surface area contributed by atoms with Crippen LogP contribution >= 0.6 is 34.5 Å². The molecule has 0 saturated heterocycles. The van der Waals surface area contributed by atoms with E-state index in [0.717, 1.165) is 16.3 Å². The van der Waals surface area contributed by atoms with Crippen molar-refractivity contribution < 1.29 is 19.1 Å². The number of halogens is 2. The van der Waals surface area contributed by atoms with Crippen molar-refractivity contribution in [1.29, 1.82) is 0 Å². The Bertz CT molecular complexity index is 1510. The first kappa shape index (κ1) is 28.1. The number of hydrazone groups is 1. The van der Waals surface area contributed by atoms with Crippen LogP contribution in [0, 0.1) is 6.92 Å². The molecule has 0 radical (unpaired) electrons. The molecule has 0 bridgehead atoms. The number of amides is 2. The van der Waals surface area contributed by atoms with Gasteiger partial charge in [-0.25, -0.2) is 10.4 Å². The molecule has 2 N–H and O–H groups in total. The lowest BCUT2D eigenvalue weighted by Gasteiger charge is -2.13. The quantitative estimate of drug-likeness (QED) is 0.162. The van der Waals surface area contributed by atoms with Crippen molar-refractivity contribution in [3.63, 3.8) is 0 Å². The zero-order chi connectivity index (χ0) is 27.8. The van der Waals surface area contributed by atoms with Gasteiger partial charge in [-0.3, -0.25) is 9.59 Å². The zero-order valence-corrected chi connectivity index (χ0v) is 23.4. The van der Waals surface area contributed by atoms with E-state index in [2.05, 4.69) is 20.8 Å². The molecule has 11 heteroatoms. The van der Waals surface area contributed by atoms with Crippen molar-refractivity contribution in [2.24, 2.45) is 5.10 Å². The highest BCUT2D eigenvalue weighted by Gasteiger charge is 2.11. The minimum absolute atomic E-state index is 0.245. The van der Waals surface area contributed by atoms with Crippen molar-refractivity contribution >= 4 is 58.3 Å². The normalized spacial score (nSPS) is 10.9. The highest BCUT2D eigenvalue weighted by Crippen LogP contribution is 2.29. The average Bonchev–Trinajstić information content (AvgIpc) is 3.36. The third-order valence-corrected chi connectivity index (χ3v) is 6.78.